The van der Waals surface area contributed by atoms with Gasteiger partial charge in [-0.25, -0.2) is 4.79 Å². The third-order valence-corrected chi connectivity index (χ3v) is 6.82. The first kappa shape index (κ1) is 28.9. The molecule has 0 radical (unpaired) electrons. The Morgan fingerprint density at radius 2 is 1.63 bits per heavy atom. The Bertz CT molecular complexity index is 1570. The van der Waals surface area contributed by atoms with E-state index >= 15 is 0 Å². The number of hydrogen-bond donors (Lipinski definition) is 3. The van der Waals surface area contributed by atoms with Gasteiger partial charge < -0.3 is 25.1 Å². The van der Waals surface area contributed by atoms with Crippen molar-refractivity contribution >= 4 is 52.9 Å². The maximum Gasteiger partial charge on any atom is 0.339 e. The van der Waals surface area contributed by atoms with Gasteiger partial charge in [0.2, 0.25) is 5.91 Å². The summed E-state index contributed by atoms with van der Waals surface area (Å²) in [7, 11) is 1.28. The molecule has 3 N–H and O–H groups in total. The largest absolute Gasteiger partial charge is 0.465 e. The molecule has 0 bridgehead atoms. The molecule has 0 saturated heterocycles. The van der Waals surface area contributed by atoms with Crippen LogP contribution in [0.15, 0.2) is 112 Å². The van der Waals surface area contributed by atoms with Gasteiger partial charge in [-0.15, -0.1) is 11.8 Å². The van der Waals surface area contributed by atoms with Crippen LogP contribution in [0.5, 0.6) is 0 Å². The lowest BCUT2D eigenvalue weighted by atomic mass is 10.2. The number of rotatable bonds is 10. The Morgan fingerprint density at radius 3 is 2.37 bits per heavy atom. The average Bonchev–Trinajstić information content (AvgIpc) is 3.50. The molecule has 208 valence electrons. The van der Waals surface area contributed by atoms with Crippen molar-refractivity contribution < 1.29 is 28.3 Å². The number of nitrogens with one attached hydrogen (secondary N) is 3. The molecule has 0 spiro atoms. The van der Waals surface area contributed by atoms with E-state index in [1.807, 2.05) is 6.07 Å². The number of carbonyl (C=O) groups is 4. The van der Waals surface area contributed by atoms with E-state index in [-0.39, 0.29) is 17.2 Å². The van der Waals surface area contributed by atoms with E-state index < -0.39 is 23.0 Å². The van der Waals surface area contributed by atoms with Crippen LogP contribution in [0.2, 0.25) is 0 Å². The van der Waals surface area contributed by atoms with Gasteiger partial charge in [-0.1, -0.05) is 36.4 Å². The maximum atomic E-state index is 13.2. The molecular formula is C31H27N3O6S. The minimum Gasteiger partial charge on any atom is -0.465 e. The smallest absolute Gasteiger partial charge is 0.339 e. The quantitative estimate of drug-likeness (QED) is 0.129. The Hall–Kier alpha value is -5.09. The van der Waals surface area contributed by atoms with Gasteiger partial charge in [0, 0.05) is 22.2 Å². The van der Waals surface area contributed by atoms with Crippen LogP contribution in [0.3, 0.4) is 0 Å². The molecule has 4 aromatic rings. The van der Waals surface area contributed by atoms with Crippen LogP contribution in [0, 0.1) is 0 Å². The lowest BCUT2D eigenvalue weighted by molar-refractivity contribution is -0.115. The Balaban J connectivity index is 1.45. The van der Waals surface area contributed by atoms with Gasteiger partial charge in [-0.05, 0) is 61.5 Å². The second kappa shape index (κ2) is 13.8. The first-order valence-corrected chi connectivity index (χ1v) is 13.4. The van der Waals surface area contributed by atoms with Crippen LogP contribution in [-0.2, 0) is 14.3 Å². The number of thioether (sulfide) groups is 1. The predicted octanol–water partition coefficient (Wildman–Crippen LogP) is 5.60. The molecule has 3 aromatic carbocycles. The van der Waals surface area contributed by atoms with Gasteiger partial charge in [0.25, 0.3) is 11.8 Å². The summed E-state index contributed by atoms with van der Waals surface area (Å²) in [5.74, 6) is -1.48. The van der Waals surface area contributed by atoms with Crippen LogP contribution in [0.4, 0.5) is 11.4 Å². The zero-order valence-corrected chi connectivity index (χ0v) is 23.1. The number of methoxy groups -OCH3 is 1. The van der Waals surface area contributed by atoms with Crippen molar-refractivity contribution in [3.8, 4) is 0 Å². The topological polar surface area (TPSA) is 127 Å². The number of hydrogen-bond acceptors (Lipinski definition) is 7. The van der Waals surface area contributed by atoms with Gasteiger partial charge in [-0.3, -0.25) is 14.4 Å². The van der Waals surface area contributed by atoms with Gasteiger partial charge in [-0.2, -0.15) is 0 Å². The lowest BCUT2D eigenvalue weighted by Crippen LogP contribution is -2.30. The third kappa shape index (κ3) is 7.96. The van der Waals surface area contributed by atoms with E-state index in [4.69, 9.17) is 9.15 Å². The van der Waals surface area contributed by atoms with Crippen molar-refractivity contribution in [1.82, 2.24) is 5.32 Å². The molecule has 41 heavy (non-hydrogen) atoms. The third-order valence-electron chi connectivity index (χ3n) is 5.72. The Kier molecular flexibility index (Phi) is 9.74. The molecule has 0 saturated carbocycles. The van der Waals surface area contributed by atoms with Gasteiger partial charge in [0.05, 0.1) is 29.9 Å². The van der Waals surface area contributed by atoms with Crippen LogP contribution in [0.1, 0.15) is 33.4 Å². The summed E-state index contributed by atoms with van der Waals surface area (Å²) in [5.41, 5.74) is 1.45. The Labute approximate surface area is 241 Å². The maximum absolute atomic E-state index is 13.2. The highest BCUT2D eigenvalue weighted by atomic mass is 32.2. The molecule has 9 nitrogen and oxygen atoms in total. The predicted molar refractivity (Wildman–Crippen MR) is 157 cm³/mol. The normalized spacial score (nSPS) is 11.7. The second-order valence-electron chi connectivity index (χ2n) is 8.66. The summed E-state index contributed by atoms with van der Waals surface area (Å²) < 4.78 is 10.1. The fourth-order valence-electron chi connectivity index (χ4n) is 3.68. The van der Waals surface area contributed by atoms with Crippen molar-refractivity contribution in [2.45, 2.75) is 17.1 Å². The minimum absolute atomic E-state index is 0.0103. The van der Waals surface area contributed by atoms with E-state index in [0.717, 1.165) is 4.90 Å². The van der Waals surface area contributed by atoms with Crippen molar-refractivity contribution in [3.63, 3.8) is 0 Å². The van der Waals surface area contributed by atoms with E-state index in [9.17, 15) is 19.2 Å². The monoisotopic (exact) mass is 569 g/mol. The molecule has 0 aliphatic rings. The fourth-order valence-corrected chi connectivity index (χ4v) is 4.60. The molecule has 10 heteroatoms. The number of ether oxygens (including phenoxy) is 1. The van der Waals surface area contributed by atoms with Crippen molar-refractivity contribution in [2.75, 3.05) is 17.7 Å². The van der Waals surface area contributed by atoms with E-state index in [2.05, 4.69) is 16.0 Å². The summed E-state index contributed by atoms with van der Waals surface area (Å²) in [6.07, 6.45) is 2.90. The van der Waals surface area contributed by atoms with Crippen LogP contribution in [-0.4, -0.2) is 36.1 Å². The second-order valence-corrected chi connectivity index (χ2v) is 10.1. The molecule has 1 heterocycles. The molecule has 0 fully saturated rings. The molecular weight excluding hydrogens is 542 g/mol. The highest BCUT2D eigenvalue weighted by Gasteiger charge is 2.19. The zero-order valence-electron chi connectivity index (χ0n) is 22.3. The molecule has 0 aliphatic carbocycles. The number of carbonyl (C=O) groups excluding carboxylic acids is 4. The van der Waals surface area contributed by atoms with Crippen LogP contribution in [0.25, 0.3) is 6.08 Å². The van der Waals surface area contributed by atoms with E-state index in [1.54, 1.807) is 91.9 Å². The highest BCUT2D eigenvalue weighted by Crippen LogP contribution is 2.27. The summed E-state index contributed by atoms with van der Waals surface area (Å²) >= 11 is 1.27. The standard InChI is InChI=1S/C31H27N3O6S/c1-20(28(35)33-26-16-7-6-15-25(26)31(38)39-2)41-24-14-8-12-22(18-24)32-30(37)27(19-23-13-9-17-40-23)34-29(36)21-10-4-3-5-11-21/h3-20H,1-2H3,(H,32,37)(H,33,35)(H,34,36)/b27-19+. The van der Waals surface area contributed by atoms with E-state index in [0.29, 0.717) is 22.7 Å². The van der Waals surface area contributed by atoms with Gasteiger partial charge in [0.1, 0.15) is 11.5 Å². The van der Waals surface area contributed by atoms with Crippen LogP contribution < -0.4 is 16.0 Å². The Morgan fingerprint density at radius 1 is 0.878 bits per heavy atom. The summed E-state index contributed by atoms with van der Waals surface area (Å²) in [6.45, 7) is 1.73. The SMILES string of the molecule is COC(=O)c1ccccc1NC(=O)C(C)Sc1cccc(NC(=O)/C(=C\c2ccco2)NC(=O)c2ccccc2)c1. The van der Waals surface area contributed by atoms with Crippen molar-refractivity contribution in [2.24, 2.45) is 0 Å². The number of esters is 1. The first-order chi connectivity index (χ1) is 19.8. The minimum atomic E-state index is -0.557. The summed E-state index contributed by atoms with van der Waals surface area (Å²) in [4.78, 5) is 51.6. The molecule has 0 aliphatic heterocycles. The van der Waals surface area contributed by atoms with Crippen LogP contribution >= 0.6 is 11.8 Å². The number of anilines is 2. The molecule has 3 amide bonds. The zero-order chi connectivity index (χ0) is 29.2. The first-order valence-electron chi connectivity index (χ1n) is 12.5. The lowest BCUT2D eigenvalue weighted by Gasteiger charge is -2.15. The highest BCUT2D eigenvalue weighted by molar-refractivity contribution is 8.00. The number of furan rings is 1. The molecule has 1 atom stereocenters. The average molecular weight is 570 g/mol. The molecule has 1 unspecified atom stereocenters. The van der Waals surface area contributed by atoms with E-state index in [1.165, 1.54) is 31.2 Å². The van der Waals surface area contributed by atoms with Gasteiger partial charge in [0.15, 0.2) is 0 Å². The number of amides is 3. The molecule has 1 aromatic heterocycles. The van der Waals surface area contributed by atoms with Gasteiger partial charge >= 0.3 is 5.97 Å². The summed E-state index contributed by atoms with van der Waals surface area (Å²) in [5, 5.41) is 7.68. The summed E-state index contributed by atoms with van der Waals surface area (Å²) in [6, 6.07) is 25.4. The van der Waals surface area contributed by atoms with Crippen molar-refractivity contribution in [1.29, 1.82) is 0 Å². The number of para-hydroxylation sites is 1. The number of benzene rings is 3. The molecule has 4 rings (SSSR count). The van der Waals surface area contributed by atoms with Crippen molar-refractivity contribution in [3.05, 3.63) is 120 Å². The fraction of sp³-hybridized carbons (Fsp3) is 0.0968.